The Labute approximate surface area is 156 Å². The molecule has 1 amide bonds. The molecular formula is C20H20N6O. The largest absolute Gasteiger partial charge is 0.321 e. The molecule has 0 aliphatic rings. The normalized spacial score (nSPS) is 11.1. The molecule has 4 rings (SSSR count). The van der Waals surface area contributed by atoms with Gasteiger partial charge in [-0.1, -0.05) is 19.1 Å². The molecule has 0 radical (unpaired) electrons. The Kier molecular flexibility index (Phi) is 4.19. The van der Waals surface area contributed by atoms with Gasteiger partial charge in [-0.05, 0) is 37.1 Å². The van der Waals surface area contributed by atoms with Gasteiger partial charge in [-0.25, -0.2) is 9.50 Å². The van der Waals surface area contributed by atoms with Crippen molar-refractivity contribution in [1.29, 1.82) is 0 Å². The van der Waals surface area contributed by atoms with Crippen LogP contribution in [-0.4, -0.2) is 30.3 Å². The van der Waals surface area contributed by atoms with Crippen LogP contribution in [0.1, 0.15) is 28.7 Å². The molecule has 0 spiro atoms. The van der Waals surface area contributed by atoms with Crippen molar-refractivity contribution in [1.82, 2.24) is 24.4 Å². The highest BCUT2D eigenvalue weighted by atomic mass is 16.1. The molecule has 4 aromatic rings. The smallest absolute Gasteiger partial charge is 0.276 e. The van der Waals surface area contributed by atoms with Crippen LogP contribution in [0.15, 0.2) is 48.8 Å². The number of nitrogens with one attached hydrogen (secondary N) is 1. The van der Waals surface area contributed by atoms with Gasteiger partial charge in [0.1, 0.15) is 0 Å². The van der Waals surface area contributed by atoms with E-state index in [0.717, 1.165) is 29.1 Å². The fourth-order valence-electron chi connectivity index (χ4n) is 2.98. The molecule has 0 atom stereocenters. The number of aromatic nitrogens is 5. The van der Waals surface area contributed by atoms with Crippen molar-refractivity contribution >= 4 is 17.2 Å². The number of nitrogens with zero attached hydrogens (tertiary/aromatic N) is 5. The lowest BCUT2D eigenvalue weighted by atomic mass is 10.1. The Hall–Kier alpha value is -3.48. The van der Waals surface area contributed by atoms with Crippen LogP contribution < -0.4 is 5.32 Å². The first kappa shape index (κ1) is 17.0. The molecule has 0 unspecified atom stereocenters. The number of carbonyl (C=O) groups excluding carboxylic acids is 1. The Morgan fingerprint density at radius 2 is 1.96 bits per heavy atom. The summed E-state index contributed by atoms with van der Waals surface area (Å²) in [4.78, 5) is 17.0. The third-order valence-electron chi connectivity index (χ3n) is 4.72. The number of amides is 1. The molecule has 0 bridgehead atoms. The number of hydrogen-bond acceptors (Lipinski definition) is 4. The van der Waals surface area contributed by atoms with Gasteiger partial charge in [0.15, 0.2) is 11.3 Å². The molecule has 3 heterocycles. The summed E-state index contributed by atoms with van der Waals surface area (Å²) in [6.07, 6.45) is 4.47. The van der Waals surface area contributed by atoms with Gasteiger partial charge in [-0.3, -0.25) is 9.48 Å². The molecule has 3 aromatic heterocycles. The molecule has 1 N–H and O–H groups in total. The maximum atomic E-state index is 12.6. The van der Waals surface area contributed by atoms with Crippen molar-refractivity contribution in [2.45, 2.75) is 20.3 Å². The number of hydrogen-bond donors (Lipinski definition) is 1. The molecule has 7 heteroatoms. The summed E-state index contributed by atoms with van der Waals surface area (Å²) in [5, 5.41) is 11.6. The molecular weight excluding hydrogens is 340 g/mol. The van der Waals surface area contributed by atoms with Gasteiger partial charge in [-0.15, -0.1) is 0 Å². The third-order valence-corrected chi connectivity index (χ3v) is 4.72. The average Bonchev–Trinajstić information content (AvgIpc) is 3.26. The quantitative estimate of drug-likeness (QED) is 0.606. The molecule has 136 valence electrons. The van der Waals surface area contributed by atoms with E-state index in [4.69, 9.17) is 0 Å². The molecule has 0 saturated carbocycles. The van der Waals surface area contributed by atoms with Gasteiger partial charge in [0.25, 0.3) is 5.91 Å². The second-order valence-electron chi connectivity index (χ2n) is 6.40. The second-order valence-corrected chi connectivity index (χ2v) is 6.40. The van der Waals surface area contributed by atoms with Gasteiger partial charge in [0, 0.05) is 36.3 Å². The summed E-state index contributed by atoms with van der Waals surface area (Å²) in [5.74, 6) is -0.265. The average molecular weight is 360 g/mol. The van der Waals surface area contributed by atoms with Gasteiger partial charge in [-0.2, -0.15) is 10.2 Å². The maximum absolute atomic E-state index is 12.6. The lowest BCUT2D eigenvalue weighted by Crippen LogP contribution is -2.12. The minimum Gasteiger partial charge on any atom is -0.321 e. The Morgan fingerprint density at radius 1 is 1.19 bits per heavy atom. The zero-order valence-electron chi connectivity index (χ0n) is 15.5. The number of rotatable bonds is 4. The minimum atomic E-state index is -0.265. The van der Waals surface area contributed by atoms with Crippen LogP contribution in [0.3, 0.4) is 0 Å². The zero-order chi connectivity index (χ0) is 19.0. The lowest BCUT2D eigenvalue weighted by Gasteiger charge is -2.04. The summed E-state index contributed by atoms with van der Waals surface area (Å²) in [6.45, 7) is 4.09. The standard InChI is InChI=1S/C20H20N6O/c1-4-14-5-7-15(8-6-14)23-20(27)17-11-19-21-10-9-18(26(19)24-17)16-12-22-25(3)13(16)2/h5-12H,4H2,1-3H3,(H,23,27). The highest BCUT2D eigenvalue weighted by Gasteiger charge is 2.16. The predicted octanol–water partition coefficient (Wildman–Crippen LogP) is 3.25. The number of aryl methyl sites for hydroxylation is 2. The van der Waals surface area contributed by atoms with Crippen molar-refractivity contribution in [2.75, 3.05) is 5.32 Å². The van der Waals surface area contributed by atoms with Crippen LogP contribution in [0, 0.1) is 6.92 Å². The van der Waals surface area contributed by atoms with Crippen molar-refractivity contribution in [3.63, 3.8) is 0 Å². The van der Waals surface area contributed by atoms with Crippen molar-refractivity contribution < 1.29 is 4.79 Å². The van der Waals surface area contributed by atoms with Crippen LogP contribution in [0.5, 0.6) is 0 Å². The Morgan fingerprint density at radius 3 is 2.63 bits per heavy atom. The van der Waals surface area contributed by atoms with Gasteiger partial charge >= 0.3 is 0 Å². The van der Waals surface area contributed by atoms with Crippen LogP contribution in [0.25, 0.3) is 16.9 Å². The van der Waals surface area contributed by atoms with Crippen LogP contribution >= 0.6 is 0 Å². The molecule has 27 heavy (non-hydrogen) atoms. The monoisotopic (exact) mass is 360 g/mol. The van der Waals surface area contributed by atoms with E-state index in [2.05, 4.69) is 27.4 Å². The van der Waals surface area contributed by atoms with E-state index in [1.54, 1.807) is 27.7 Å². The fraction of sp³-hybridized carbons (Fsp3) is 0.200. The minimum absolute atomic E-state index is 0.265. The molecule has 1 aromatic carbocycles. The number of carbonyl (C=O) groups is 1. The molecule has 0 aliphatic carbocycles. The van der Waals surface area contributed by atoms with Gasteiger partial charge in [0.2, 0.25) is 0 Å². The molecule has 0 fully saturated rings. The van der Waals surface area contributed by atoms with Gasteiger partial charge < -0.3 is 5.32 Å². The van der Waals surface area contributed by atoms with E-state index in [9.17, 15) is 4.79 Å². The predicted molar refractivity (Wildman–Crippen MR) is 104 cm³/mol. The third kappa shape index (κ3) is 3.08. The zero-order valence-corrected chi connectivity index (χ0v) is 15.5. The second kappa shape index (κ2) is 6.68. The highest BCUT2D eigenvalue weighted by molar-refractivity contribution is 6.03. The lowest BCUT2D eigenvalue weighted by molar-refractivity contribution is 0.102. The first-order valence-corrected chi connectivity index (χ1v) is 8.81. The summed E-state index contributed by atoms with van der Waals surface area (Å²) < 4.78 is 3.48. The highest BCUT2D eigenvalue weighted by Crippen LogP contribution is 2.23. The maximum Gasteiger partial charge on any atom is 0.276 e. The van der Waals surface area contributed by atoms with Gasteiger partial charge in [0.05, 0.1) is 11.9 Å². The van der Waals surface area contributed by atoms with E-state index < -0.39 is 0 Å². The summed E-state index contributed by atoms with van der Waals surface area (Å²) in [7, 11) is 1.89. The SMILES string of the molecule is CCc1ccc(NC(=O)c2cc3nccc(-c4cnn(C)c4C)n3n2)cc1. The van der Waals surface area contributed by atoms with E-state index in [-0.39, 0.29) is 5.91 Å². The van der Waals surface area contributed by atoms with Crippen LogP contribution in [-0.2, 0) is 13.5 Å². The molecule has 0 saturated heterocycles. The van der Waals surface area contributed by atoms with Crippen molar-refractivity contribution in [3.8, 4) is 11.3 Å². The number of anilines is 1. The van der Waals surface area contributed by atoms with E-state index in [0.29, 0.717) is 11.3 Å². The molecule has 0 aliphatic heterocycles. The summed E-state index contributed by atoms with van der Waals surface area (Å²) >= 11 is 0. The first-order valence-electron chi connectivity index (χ1n) is 8.81. The van der Waals surface area contributed by atoms with E-state index in [1.165, 1.54) is 5.56 Å². The first-order chi connectivity index (χ1) is 13.1. The van der Waals surface area contributed by atoms with E-state index >= 15 is 0 Å². The summed E-state index contributed by atoms with van der Waals surface area (Å²) in [6, 6.07) is 11.4. The van der Waals surface area contributed by atoms with Crippen LogP contribution in [0.4, 0.5) is 5.69 Å². The fourth-order valence-corrected chi connectivity index (χ4v) is 2.98. The van der Waals surface area contributed by atoms with Crippen molar-refractivity contribution in [2.24, 2.45) is 7.05 Å². The Bertz CT molecular complexity index is 1120. The number of benzene rings is 1. The molecule has 7 nitrogen and oxygen atoms in total. The van der Waals surface area contributed by atoms with Crippen LogP contribution in [0.2, 0.25) is 0 Å². The topological polar surface area (TPSA) is 77.1 Å². The van der Waals surface area contributed by atoms with E-state index in [1.807, 2.05) is 44.3 Å². The number of fused-ring (bicyclic) bond motifs is 1. The Balaban J connectivity index is 1.68. The van der Waals surface area contributed by atoms with Crippen molar-refractivity contribution in [3.05, 3.63) is 65.7 Å². The summed E-state index contributed by atoms with van der Waals surface area (Å²) in [5.41, 5.74) is 5.71.